The van der Waals surface area contributed by atoms with E-state index < -0.39 is 8.18 Å². The molecule has 5 heteroatoms. The second-order valence-corrected chi connectivity index (χ2v) is 3.60. The zero-order chi connectivity index (χ0) is 7.56. The summed E-state index contributed by atoms with van der Waals surface area (Å²) in [4.78, 5) is 10.8. The zero-order valence-corrected chi connectivity index (χ0v) is 6.79. The maximum atomic E-state index is 10.9. The molecule has 0 saturated carbocycles. The second kappa shape index (κ2) is 3.17. The summed E-state index contributed by atoms with van der Waals surface area (Å²) in [6, 6.07) is 0. The Balaban J connectivity index is 2.55. The van der Waals surface area contributed by atoms with E-state index in [1.54, 1.807) is 0 Å². The SMILES string of the molecule is CO[PH](=O)N1CCCC1=O. The number of nitrogens with zero attached hydrogens (tertiary/aromatic N) is 1. The Hall–Kier alpha value is -0.340. The van der Waals surface area contributed by atoms with Crippen LogP contribution in [0.25, 0.3) is 0 Å². The molecule has 1 aliphatic heterocycles. The highest BCUT2D eigenvalue weighted by Crippen LogP contribution is 2.31. The van der Waals surface area contributed by atoms with E-state index in [0.717, 1.165) is 6.42 Å². The first-order valence-corrected chi connectivity index (χ1v) is 4.40. The van der Waals surface area contributed by atoms with E-state index in [2.05, 4.69) is 4.52 Å². The van der Waals surface area contributed by atoms with Crippen LogP contribution in [0.15, 0.2) is 0 Å². The normalized spacial score (nSPS) is 21.7. The Morgan fingerprint density at radius 3 is 2.80 bits per heavy atom. The van der Waals surface area contributed by atoms with E-state index in [1.807, 2.05) is 0 Å². The van der Waals surface area contributed by atoms with Gasteiger partial charge in [0, 0.05) is 20.1 Å². The molecular weight excluding hydrogens is 153 g/mol. The molecule has 1 unspecified atom stereocenters. The Morgan fingerprint density at radius 1 is 1.70 bits per heavy atom. The zero-order valence-electron chi connectivity index (χ0n) is 5.79. The van der Waals surface area contributed by atoms with Gasteiger partial charge in [-0.15, -0.1) is 0 Å². The number of hydrogen-bond acceptors (Lipinski definition) is 3. The van der Waals surface area contributed by atoms with Gasteiger partial charge in [0.1, 0.15) is 0 Å². The fraction of sp³-hybridized carbons (Fsp3) is 0.800. The molecule has 1 aliphatic rings. The van der Waals surface area contributed by atoms with E-state index in [-0.39, 0.29) is 5.91 Å². The first-order chi connectivity index (χ1) is 4.75. The lowest BCUT2D eigenvalue weighted by Gasteiger charge is -2.11. The van der Waals surface area contributed by atoms with Crippen LogP contribution in [0.4, 0.5) is 0 Å². The Labute approximate surface area is 60.1 Å². The molecule has 0 aromatic heterocycles. The molecule has 1 amide bonds. The smallest absolute Gasteiger partial charge is 0.286 e. The van der Waals surface area contributed by atoms with Gasteiger partial charge in [0.15, 0.2) is 0 Å². The molecule has 0 aliphatic carbocycles. The van der Waals surface area contributed by atoms with Gasteiger partial charge in [-0.05, 0) is 6.42 Å². The third-order valence-corrected chi connectivity index (χ3v) is 2.73. The molecule has 0 aromatic rings. The fourth-order valence-electron chi connectivity index (χ4n) is 0.951. The predicted octanol–water partition coefficient (Wildman–Crippen LogP) is 0.645. The van der Waals surface area contributed by atoms with Gasteiger partial charge in [-0.3, -0.25) is 14.0 Å². The predicted molar refractivity (Wildman–Crippen MR) is 37.0 cm³/mol. The van der Waals surface area contributed by atoms with Crippen LogP contribution in [0.2, 0.25) is 0 Å². The topological polar surface area (TPSA) is 46.6 Å². The minimum absolute atomic E-state index is 0.0502. The highest BCUT2D eigenvalue weighted by atomic mass is 31.1. The monoisotopic (exact) mass is 163 g/mol. The third-order valence-electron chi connectivity index (χ3n) is 1.47. The van der Waals surface area contributed by atoms with Crippen molar-refractivity contribution in [3.63, 3.8) is 0 Å². The van der Waals surface area contributed by atoms with Crippen LogP contribution in [0, 0.1) is 0 Å². The highest BCUT2D eigenvalue weighted by molar-refractivity contribution is 7.37. The molecule has 10 heavy (non-hydrogen) atoms. The fourth-order valence-corrected chi connectivity index (χ4v) is 1.83. The van der Waals surface area contributed by atoms with E-state index in [1.165, 1.54) is 11.8 Å². The van der Waals surface area contributed by atoms with Crippen molar-refractivity contribution in [1.29, 1.82) is 0 Å². The molecule has 0 N–H and O–H groups in total. The number of amides is 1. The van der Waals surface area contributed by atoms with E-state index in [9.17, 15) is 9.36 Å². The highest BCUT2D eigenvalue weighted by Gasteiger charge is 2.24. The summed E-state index contributed by atoms with van der Waals surface area (Å²) in [5, 5.41) is 0. The van der Waals surface area contributed by atoms with Gasteiger partial charge in [0.05, 0.1) is 0 Å². The summed E-state index contributed by atoms with van der Waals surface area (Å²) < 4.78 is 16.8. The Kier molecular flexibility index (Phi) is 2.46. The van der Waals surface area contributed by atoms with E-state index in [4.69, 9.17) is 0 Å². The summed E-state index contributed by atoms with van der Waals surface area (Å²) >= 11 is 0. The molecule has 1 rings (SSSR count). The Morgan fingerprint density at radius 2 is 2.40 bits per heavy atom. The van der Waals surface area contributed by atoms with Crippen molar-refractivity contribution in [3.8, 4) is 0 Å². The number of rotatable bonds is 2. The number of carbonyl (C=O) groups excluding carboxylic acids is 1. The van der Waals surface area contributed by atoms with Gasteiger partial charge in [-0.2, -0.15) is 0 Å². The molecular formula is C5H10NO3P. The molecule has 58 valence electrons. The maximum absolute atomic E-state index is 10.9. The van der Waals surface area contributed by atoms with Crippen molar-refractivity contribution in [2.75, 3.05) is 13.7 Å². The lowest BCUT2D eigenvalue weighted by Crippen LogP contribution is -2.15. The van der Waals surface area contributed by atoms with Gasteiger partial charge in [0.25, 0.3) is 8.18 Å². The standard InChI is InChI=1S/C5H10NO3P/c1-9-10(8)6-4-2-3-5(6)7/h10H,2-4H2,1H3. The van der Waals surface area contributed by atoms with Crippen LogP contribution < -0.4 is 0 Å². The van der Waals surface area contributed by atoms with Crippen molar-refractivity contribution in [2.45, 2.75) is 12.8 Å². The average molecular weight is 163 g/mol. The second-order valence-electron chi connectivity index (χ2n) is 2.12. The van der Waals surface area contributed by atoms with Gasteiger partial charge < -0.3 is 4.52 Å². The minimum atomic E-state index is -2.22. The summed E-state index contributed by atoms with van der Waals surface area (Å²) in [6.45, 7) is 0.588. The van der Waals surface area contributed by atoms with Crippen LogP contribution >= 0.6 is 8.18 Å². The first-order valence-electron chi connectivity index (χ1n) is 3.14. The molecule has 0 bridgehead atoms. The molecule has 0 aromatic carbocycles. The largest absolute Gasteiger partial charge is 0.319 e. The van der Waals surface area contributed by atoms with Crippen LogP contribution in [0.3, 0.4) is 0 Å². The first kappa shape index (κ1) is 7.76. The summed E-state index contributed by atoms with van der Waals surface area (Å²) in [5.41, 5.74) is 0. The van der Waals surface area contributed by atoms with Crippen molar-refractivity contribution < 1.29 is 13.9 Å². The molecule has 0 spiro atoms. The van der Waals surface area contributed by atoms with Gasteiger partial charge in [-0.1, -0.05) is 0 Å². The maximum Gasteiger partial charge on any atom is 0.286 e. The molecule has 0 radical (unpaired) electrons. The van der Waals surface area contributed by atoms with Crippen LogP contribution in [-0.4, -0.2) is 24.2 Å². The van der Waals surface area contributed by atoms with E-state index in [0.29, 0.717) is 13.0 Å². The lowest BCUT2D eigenvalue weighted by molar-refractivity contribution is -0.123. The number of hydrogen-bond donors (Lipinski definition) is 0. The third kappa shape index (κ3) is 1.39. The number of carbonyl (C=O) groups is 1. The summed E-state index contributed by atoms with van der Waals surface area (Å²) in [5.74, 6) is -0.0502. The molecule has 1 heterocycles. The quantitative estimate of drug-likeness (QED) is 0.561. The van der Waals surface area contributed by atoms with E-state index >= 15 is 0 Å². The van der Waals surface area contributed by atoms with Gasteiger partial charge >= 0.3 is 0 Å². The lowest BCUT2D eigenvalue weighted by atomic mass is 10.4. The molecule has 1 fully saturated rings. The minimum Gasteiger partial charge on any atom is -0.319 e. The average Bonchev–Trinajstić information content (AvgIpc) is 2.34. The Bertz CT molecular complexity index is 170. The van der Waals surface area contributed by atoms with Crippen molar-refractivity contribution in [2.24, 2.45) is 0 Å². The van der Waals surface area contributed by atoms with Gasteiger partial charge in [0.2, 0.25) is 5.91 Å². The van der Waals surface area contributed by atoms with Crippen LogP contribution in [0.1, 0.15) is 12.8 Å². The van der Waals surface area contributed by atoms with Crippen molar-refractivity contribution >= 4 is 14.1 Å². The molecule has 1 saturated heterocycles. The van der Waals surface area contributed by atoms with Crippen molar-refractivity contribution in [1.82, 2.24) is 4.67 Å². The van der Waals surface area contributed by atoms with Crippen LogP contribution in [-0.2, 0) is 13.9 Å². The summed E-state index contributed by atoms with van der Waals surface area (Å²) in [6.07, 6.45) is 1.32. The van der Waals surface area contributed by atoms with Crippen LogP contribution in [0.5, 0.6) is 0 Å². The van der Waals surface area contributed by atoms with Gasteiger partial charge in [-0.25, -0.2) is 0 Å². The van der Waals surface area contributed by atoms with Crippen molar-refractivity contribution in [3.05, 3.63) is 0 Å². The molecule has 4 nitrogen and oxygen atoms in total. The molecule has 1 atom stereocenters. The summed E-state index contributed by atoms with van der Waals surface area (Å²) in [7, 11) is -0.867.